The van der Waals surface area contributed by atoms with Crippen LogP contribution in [0.2, 0.25) is 0 Å². The summed E-state index contributed by atoms with van der Waals surface area (Å²) in [7, 11) is 0. The van der Waals surface area contributed by atoms with Gasteiger partial charge >= 0.3 is 0 Å². The quantitative estimate of drug-likeness (QED) is 0.904. The zero-order chi connectivity index (χ0) is 16.1. The lowest BCUT2D eigenvalue weighted by molar-refractivity contribution is -0.138. The van der Waals surface area contributed by atoms with Crippen LogP contribution in [-0.2, 0) is 11.2 Å². The SMILES string of the molecule is O=C(C1CCNCC1)N(CCc1cccc(F)c1)C1CCCC1. The zero-order valence-corrected chi connectivity index (χ0v) is 13.8. The number of hydrogen-bond acceptors (Lipinski definition) is 2. The molecule has 1 aromatic rings. The highest BCUT2D eigenvalue weighted by atomic mass is 19.1. The van der Waals surface area contributed by atoms with E-state index in [4.69, 9.17) is 0 Å². The van der Waals surface area contributed by atoms with Crippen LogP contribution in [0.1, 0.15) is 44.1 Å². The molecule has 1 saturated carbocycles. The van der Waals surface area contributed by atoms with Crippen molar-refractivity contribution in [3.63, 3.8) is 0 Å². The van der Waals surface area contributed by atoms with E-state index < -0.39 is 0 Å². The number of carbonyl (C=O) groups excluding carboxylic acids is 1. The standard InChI is InChI=1S/C19H27FN2O/c20-17-5-3-4-15(14-17)10-13-22(18-6-1-2-7-18)19(23)16-8-11-21-12-9-16/h3-5,14,16,18,21H,1-2,6-13H2. The van der Waals surface area contributed by atoms with Gasteiger partial charge in [-0.05, 0) is 62.9 Å². The summed E-state index contributed by atoms with van der Waals surface area (Å²) in [4.78, 5) is 15.1. The van der Waals surface area contributed by atoms with Crippen LogP contribution < -0.4 is 5.32 Å². The van der Waals surface area contributed by atoms with Gasteiger partial charge in [0.15, 0.2) is 0 Å². The van der Waals surface area contributed by atoms with Crippen LogP contribution in [0.5, 0.6) is 0 Å². The zero-order valence-electron chi connectivity index (χ0n) is 13.8. The third-order valence-corrected chi connectivity index (χ3v) is 5.27. The molecule has 2 fully saturated rings. The number of rotatable bonds is 5. The maximum Gasteiger partial charge on any atom is 0.226 e. The van der Waals surface area contributed by atoms with Crippen LogP contribution >= 0.6 is 0 Å². The van der Waals surface area contributed by atoms with Gasteiger partial charge in [-0.2, -0.15) is 0 Å². The Morgan fingerprint density at radius 3 is 2.61 bits per heavy atom. The Morgan fingerprint density at radius 2 is 1.91 bits per heavy atom. The summed E-state index contributed by atoms with van der Waals surface area (Å²) in [5, 5.41) is 3.33. The summed E-state index contributed by atoms with van der Waals surface area (Å²) in [6, 6.07) is 7.15. The molecule has 1 aliphatic heterocycles. The Bertz CT molecular complexity index is 522. The molecule has 0 bridgehead atoms. The molecule has 0 atom stereocenters. The van der Waals surface area contributed by atoms with Gasteiger partial charge in [-0.1, -0.05) is 25.0 Å². The Morgan fingerprint density at radius 1 is 1.17 bits per heavy atom. The van der Waals surface area contributed by atoms with Crippen LogP contribution in [0, 0.1) is 11.7 Å². The highest BCUT2D eigenvalue weighted by molar-refractivity contribution is 5.79. The van der Waals surface area contributed by atoms with E-state index in [1.54, 1.807) is 12.1 Å². The summed E-state index contributed by atoms with van der Waals surface area (Å²) in [6.07, 6.45) is 7.33. The van der Waals surface area contributed by atoms with Gasteiger partial charge in [-0.15, -0.1) is 0 Å². The molecule has 2 aliphatic rings. The van der Waals surface area contributed by atoms with Crippen molar-refractivity contribution in [1.29, 1.82) is 0 Å². The third kappa shape index (κ3) is 4.31. The van der Waals surface area contributed by atoms with E-state index in [0.717, 1.165) is 57.3 Å². The molecule has 1 heterocycles. The lowest BCUT2D eigenvalue weighted by Crippen LogP contribution is -2.46. The first kappa shape index (κ1) is 16.4. The molecule has 126 valence electrons. The average molecular weight is 318 g/mol. The molecule has 3 nitrogen and oxygen atoms in total. The number of nitrogens with zero attached hydrogens (tertiary/aromatic N) is 1. The van der Waals surface area contributed by atoms with E-state index in [1.165, 1.54) is 18.9 Å². The van der Waals surface area contributed by atoms with Crippen LogP contribution in [0.4, 0.5) is 4.39 Å². The highest BCUT2D eigenvalue weighted by Crippen LogP contribution is 2.27. The van der Waals surface area contributed by atoms with Crippen LogP contribution in [0.25, 0.3) is 0 Å². The van der Waals surface area contributed by atoms with Crippen molar-refractivity contribution in [2.24, 2.45) is 5.92 Å². The van der Waals surface area contributed by atoms with Crippen molar-refractivity contribution < 1.29 is 9.18 Å². The Labute approximate surface area is 138 Å². The lowest BCUT2D eigenvalue weighted by atomic mass is 9.95. The number of halogens is 1. The van der Waals surface area contributed by atoms with Gasteiger partial charge in [0, 0.05) is 18.5 Å². The first-order valence-corrected chi connectivity index (χ1v) is 8.99. The smallest absolute Gasteiger partial charge is 0.226 e. The minimum Gasteiger partial charge on any atom is -0.339 e. The third-order valence-electron chi connectivity index (χ3n) is 5.27. The number of hydrogen-bond donors (Lipinski definition) is 1. The van der Waals surface area contributed by atoms with Gasteiger partial charge in [0.25, 0.3) is 0 Å². The molecule has 1 amide bonds. The number of amides is 1. The van der Waals surface area contributed by atoms with Crippen molar-refractivity contribution in [3.05, 3.63) is 35.6 Å². The normalized spacial score (nSPS) is 19.9. The van der Waals surface area contributed by atoms with Crippen molar-refractivity contribution in [3.8, 4) is 0 Å². The Hall–Kier alpha value is -1.42. The molecular weight excluding hydrogens is 291 g/mol. The van der Waals surface area contributed by atoms with Gasteiger partial charge in [0.05, 0.1) is 0 Å². The Balaban J connectivity index is 1.66. The van der Waals surface area contributed by atoms with Gasteiger partial charge in [0.1, 0.15) is 5.82 Å². The molecule has 3 rings (SSSR count). The fourth-order valence-electron chi connectivity index (χ4n) is 3.93. The number of carbonyl (C=O) groups is 1. The van der Waals surface area contributed by atoms with Crippen molar-refractivity contribution >= 4 is 5.91 Å². The molecule has 1 saturated heterocycles. The predicted molar refractivity (Wildman–Crippen MR) is 89.7 cm³/mol. The molecule has 1 aliphatic carbocycles. The van der Waals surface area contributed by atoms with Crippen molar-refractivity contribution in [1.82, 2.24) is 10.2 Å². The Kier molecular flexibility index (Phi) is 5.65. The van der Waals surface area contributed by atoms with E-state index in [1.807, 2.05) is 6.07 Å². The fourth-order valence-corrected chi connectivity index (χ4v) is 3.93. The fraction of sp³-hybridized carbons (Fsp3) is 0.632. The number of nitrogens with one attached hydrogen (secondary N) is 1. The summed E-state index contributed by atoms with van der Waals surface area (Å²) in [5.74, 6) is 0.304. The number of benzene rings is 1. The molecule has 23 heavy (non-hydrogen) atoms. The monoisotopic (exact) mass is 318 g/mol. The minimum atomic E-state index is -0.195. The largest absolute Gasteiger partial charge is 0.339 e. The summed E-state index contributed by atoms with van der Waals surface area (Å²) < 4.78 is 13.4. The van der Waals surface area contributed by atoms with Gasteiger partial charge < -0.3 is 10.2 Å². The number of piperidine rings is 1. The second kappa shape index (κ2) is 7.91. The van der Waals surface area contributed by atoms with Crippen molar-refractivity contribution in [2.45, 2.75) is 51.0 Å². The molecule has 0 spiro atoms. The average Bonchev–Trinajstić information content (AvgIpc) is 3.10. The summed E-state index contributed by atoms with van der Waals surface area (Å²) in [5.41, 5.74) is 0.978. The van der Waals surface area contributed by atoms with Gasteiger partial charge in [0.2, 0.25) is 5.91 Å². The topological polar surface area (TPSA) is 32.3 Å². The van der Waals surface area contributed by atoms with Crippen LogP contribution in [-0.4, -0.2) is 36.5 Å². The first-order valence-electron chi connectivity index (χ1n) is 8.99. The van der Waals surface area contributed by atoms with Gasteiger partial charge in [-0.3, -0.25) is 4.79 Å². The molecule has 0 unspecified atom stereocenters. The summed E-state index contributed by atoms with van der Waals surface area (Å²) in [6.45, 7) is 2.61. The van der Waals surface area contributed by atoms with Crippen LogP contribution in [0.3, 0.4) is 0 Å². The maximum absolute atomic E-state index is 13.4. The van der Waals surface area contributed by atoms with Gasteiger partial charge in [-0.25, -0.2) is 4.39 Å². The van der Waals surface area contributed by atoms with Crippen molar-refractivity contribution in [2.75, 3.05) is 19.6 Å². The first-order chi connectivity index (χ1) is 11.2. The van der Waals surface area contributed by atoms with Crippen LogP contribution in [0.15, 0.2) is 24.3 Å². The minimum absolute atomic E-state index is 0.171. The summed E-state index contributed by atoms with van der Waals surface area (Å²) >= 11 is 0. The maximum atomic E-state index is 13.4. The lowest BCUT2D eigenvalue weighted by Gasteiger charge is -2.34. The van der Waals surface area contributed by atoms with E-state index >= 15 is 0 Å². The molecule has 1 aromatic carbocycles. The molecule has 0 radical (unpaired) electrons. The molecule has 0 aromatic heterocycles. The van der Waals surface area contributed by atoms with E-state index in [-0.39, 0.29) is 11.7 Å². The second-order valence-corrected chi connectivity index (χ2v) is 6.87. The highest BCUT2D eigenvalue weighted by Gasteiger charge is 2.31. The van der Waals surface area contributed by atoms with E-state index in [0.29, 0.717) is 11.9 Å². The molecular formula is C19H27FN2O. The molecule has 1 N–H and O–H groups in total. The molecule has 4 heteroatoms. The van der Waals surface area contributed by atoms with E-state index in [2.05, 4.69) is 10.2 Å². The second-order valence-electron chi connectivity index (χ2n) is 6.87. The predicted octanol–water partition coefficient (Wildman–Crippen LogP) is 3.14. The van der Waals surface area contributed by atoms with E-state index in [9.17, 15) is 9.18 Å².